The molecule has 0 saturated carbocycles. The topological polar surface area (TPSA) is 57.8 Å². The minimum atomic E-state index is -0.0297. The van der Waals surface area contributed by atoms with E-state index in [2.05, 4.69) is 33.7 Å². The lowest BCUT2D eigenvalue weighted by Gasteiger charge is -2.06. The van der Waals surface area contributed by atoms with Gasteiger partial charge in [0.05, 0.1) is 23.5 Å². The summed E-state index contributed by atoms with van der Waals surface area (Å²) in [5.74, 6) is -0.0297. The highest BCUT2D eigenvalue weighted by Gasteiger charge is 2.10. The van der Waals surface area contributed by atoms with Gasteiger partial charge >= 0.3 is 0 Å². The van der Waals surface area contributed by atoms with Crippen molar-refractivity contribution in [2.24, 2.45) is 0 Å². The van der Waals surface area contributed by atoms with Crippen molar-refractivity contribution in [3.63, 3.8) is 0 Å². The van der Waals surface area contributed by atoms with E-state index in [1.807, 2.05) is 38.1 Å². The van der Waals surface area contributed by atoms with Crippen molar-refractivity contribution < 1.29 is 4.79 Å². The van der Waals surface area contributed by atoms with Crippen molar-refractivity contribution in [3.05, 3.63) is 59.4 Å². The number of carbonyl (C=O) groups is 1. The van der Waals surface area contributed by atoms with Gasteiger partial charge in [0, 0.05) is 0 Å². The molecule has 1 heterocycles. The number of rotatable bonds is 3. The minimum absolute atomic E-state index is 0.0297. The third-order valence-corrected chi connectivity index (χ3v) is 3.57. The number of H-pyrrole nitrogens is 1. The summed E-state index contributed by atoms with van der Waals surface area (Å²) in [7, 11) is 0. The van der Waals surface area contributed by atoms with Crippen LogP contribution in [0.1, 0.15) is 17.0 Å². The molecule has 3 aromatic rings. The maximum absolute atomic E-state index is 12.2. The largest absolute Gasteiger partial charge is 0.323 e. The molecule has 3 rings (SSSR count). The lowest BCUT2D eigenvalue weighted by atomic mass is 10.0. The Morgan fingerprint density at radius 2 is 1.90 bits per heavy atom. The summed E-state index contributed by atoms with van der Waals surface area (Å²) in [4.78, 5) is 12.2. The fourth-order valence-electron chi connectivity index (χ4n) is 2.45. The van der Waals surface area contributed by atoms with Crippen LogP contribution in [-0.4, -0.2) is 16.1 Å². The van der Waals surface area contributed by atoms with Crippen molar-refractivity contribution in [2.45, 2.75) is 20.3 Å². The Labute approximate surface area is 123 Å². The number of carbonyl (C=O) groups excluding carboxylic acids is 1. The fourth-order valence-corrected chi connectivity index (χ4v) is 2.45. The number of nitrogens with zero attached hydrogens (tertiary/aromatic N) is 1. The van der Waals surface area contributed by atoms with E-state index in [0.717, 1.165) is 28.0 Å². The first-order valence-corrected chi connectivity index (χ1v) is 6.92. The molecule has 1 amide bonds. The number of benzene rings is 2. The average molecular weight is 279 g/mol. The Morgan fingerprint density at radius 3 is 2.62 bits per heavy atom. The van der Waals surface area contributed by atoms with Gasteiger partial charge in [0.2, 0.25) is 5.91 Å². The van der Waals surface area contributed by atoms with E-state index >= 15 is 0 Å². The predicted octanol–water partition coefficient (Wildman–Crippen LogP) is 3.36. The fraction of sp³-hybridized carbons (Fsp3) is 0.176. The minimum Gasteiger partial charge on any atom is -0.323 e. The quantitative estimate of drug-likeness (QED) is 0.772. The van der Waals surface area contributed by atoms with Gasteiger partial charge in [0.25, 0.3) is 0 Å². The number of aryl methyl sites for hydroxylation is 2. The SMILES string of the molecule is Cc1n[nH]c(C)c1NC(=O)Cc1ccc2ccccc2c1. The zero-order valence-electron chi connectivity index (χ0n) is 12.1. The van der Waals surface area contributed by atoms with E-state index in [4.69, 9.17) is 0 Å². The van der Waals surface area contributed by atoms with Crippen LogP contribution in [0.2, 0.25) is 0 Å². The van der Waals surface area contributed by atoms with Crippen molar-refractivity contribution in [1.82, 2.24) is 10.2 Å². The molecule has 0 radical (unpaired) electrons. The smallest absolute Gasteiger partial charge is 0.228 e. The number of nitrogens with one attached hydrogen (secondary N) is 2. The van der Waals surface area contributed by atoms with Gasteiger partial charge in [-0.25, -0.2) is 0 Å². The van der Waals surface area contributed by atoms with Crippen LogP contribution in [0.4, 0.5) is 5.69 Å². The first kappa shape index (κ1) is 13.4. The Balaban J connectivity index is 1.77. The molecule has 21 heavy (non-hydrogen) atoms. The second-order valence-electron chi connectivity index (χ2n) is 5.22. The van der Waals surface area contributed by atoms with Crippen LogP contribution in [0.5, 0.6) is 0 Å². The number of fused-ring (bicyclic) bond motifs is 1. The van der Waals surface area contributed by atoms with E-state index in [0.29, 0.717) is 6.42 Å². The summed E-state index contributed by atoms with van der Waals surface area (Å²) in [6.07, 6.45) is 0.356. The molecule has 0 bridgehead atoms. The second-order valence-corrected chi connectivity index (χ2v) is 5.22. The van der Waals surface area contributed by atoms with Gasteiger partial charge in [-0.3, -0.25) is 9.89 Å². The standard InChI is InChI=1S/C17H17N3O/c1-11-17(12(2)20-19-11)18-16(21)10-13-7-8-14-5-3-4-6-15(14)9-13/h3-9H,10H2,1-2H3,(H,18,21)(H,19,20). The number of aromatic nitrogens is 2. The molecule has 1 aromatic heterocycles. The third-order valence-electron chi connectivity index (χ3n) is 3.57. The van der Waals surface area contributed by atoms with Gasteiger partial charge in [-0.1, -0.05) is 42.5 Å². The van der Waals surface area contributed by atoms with Gasteiger partial charge in [0.15, 0.2) is 0 Å². The maximum Gasteiger partial charge on any atom is 0.228 e. The lowest BCUT2D eigenvalue weighted by molar-refractivity contribution is -0.115. The molecule has 2 N–H and O–H groups in total. The first-order valence-electron chi connectivity index (χ1n) is 6.92. The number of amides is 1. The summed E-state index contributed by atoms with van der Waals surface area (Å²) in [6.45, 7) is 3.76. The Kier molecular flexibility index (Phi) is 3.44. The molecule has 0 atom stereocenters. The molecule has 0 spiro atoms. The molecule has 0 aliphatic heterocycles. The molecule has 4 nitrogen and oxygen atoms in total. The maximum atomic E-state index is 12.2. The van der Waals surface area contributed by atoms with E-state index < -0.39 is 0 Å². The number of anilines is 1. The van der Waals surface area contributed by atoms with Crippen molar-refractivity contribution >= 4 is 22.4 Å². The van der Waals surface area contributed by atoms with Gasteiger partial charge in [-0.15, -0.1) is 0 Å². The molecule has 0 saturated heterocycles. The van der Waals surface area contributed by atoms with Crippen molar-refractivity contribution in [3.8, 4) is 0 Å². The van der Waals surface area contributed by atoms with Crippen molar-refractivity contribution in [1.29, 1.82) is 0 Å². The van der Waals surface area contributed by atoms with Gasteiger partial charge in [0.1, 0.15) is 0 Å². The summed E-state index contributed by atoms with van der Waals surface area (Å²) in [5, 5.41) is 12.2. The van der Waals surface area contributed by atoms with Gasteiger partial charge in [-0.2, -0.15) is 5.10 Å². The number of hydrogen-bond acceptors (Lipinski definition) is 2. The van der Waals surface area contributed by atoms with Gasteiger partial charge < -0.3 is 5.32 Å². The highest BCUT2D eigenvalue weighted by molar-refractivity contribution is 5.94. The molecule has 0 aliphatic rings. The number of aromatic amines is 1. The molecule has 106 valence electrons. The summed E-state index contributed by atoms with van der Waals surface area (Å²) < 4.78 is 0. The van der Waals surface area contributed by atoms with Crippen LogP contribution >= 0.6 is 0 Å². The molecular weight excluding hydrogens is 262 g/mol. The summed E-state index contributed by atoms with van der Waals surface area (Å²) >= 11 is 0. The average Bonchev–Trinajstić information content (AvgIpc) is 2.79. The molecule has 2 aromatic carbocycles. The van der Waals surface area contributed by atoms with Crippen molar-refractivity contribution in [2.75, 3.05) is 5.32 Å². The molecular formula is C17H17N3O. The first-order chi connectivity index (χ1) is 10.1. The lowest BCUT2D eigenvalue weighted by Crippen LogP contribution is -2.15. The summed E-state index contributed by atoms with van der Waals surface area (Å²) in [5.41, 5.74) is 3.46. The van der Waals surface area contributed by atoms with Crippen LogP contribution in [-0.2, 0) is 11.2 Å². The van der Waals surface area contributed by atoms with E-state index in [1.54, 1.807) is 0 Å². The summed E-state index contributed by atoms with van der Waals surface area (Å²) in [6, 6.07) is 14.2. The highest BCUT2D eigenvalue weighted by Crippen LogP contribution is 2.18. The Bertz CT molecular complexity index is 785. The monoisotopic (exact) mass is 279 g/mol. The Hall–Kier alpha value is -2.62. The van der Waals surface area contributed by atoms with E-state index in [9.17, 15) is 4.79 Å². The molecule has 0 unspecified atom stereocenters. The van der Waals surface area contributed by atoms with Crippen LogP contribution in [0.25, 0.3) is 10.8 Å². The van der Waals surface area contributed by atoms with E-state index in [-0.39, 0.29) is 5.91 Å². The van der Waals surface area contributed by atoms with E-state index in [1.165, 1.54) is 5.39 Å². The number of hydrogen-bond donors (Lipinski definition) is 2. The molecule has 4 heteroatoms. The molecule has 0 aliphatic carbocycles. The second kappa shape index (κ2) is 5.40. The Morgan fingerprint density at radius 1 is 1.14 bits per heavy atom. The van der Waals surface area contributed by atoms with Crippen LogP contribution in [0.15, 0.2) is 42.5 Å². The normalized spacial score (nSPS) is 10.8. The van der Waals surface area contributed by atoms with Crippen LogP contribution in [0.3, 0.4) is 0 Å². The predicted molar refractivity (Wildman–Crippen MR) is 84.3 cm³/mol. The van der Waals surface area contributed by atoms with Crippen LogP contribution in [0, 0.1) is 13.8 Å². The third kappa shape index (κ3) is 2.79. The molecule has 0 fully saturated rings. The zero-order valence-corrected chi connectivity index (χ0v) is 12.1. The van der Waals surface area contributed by atoms with Gasteiger partial charge in [-0.05, 0) is 30.2 Å². The van der Waals surface area contributed by atoms with Crippen LogP contribution < -0.4 is 5.32 Å². The highest BCUT2D eigenvalue weighted by atomic mass is 16.1. The zero-order chi connectivity index (χ0) is 14.8.